The van der Waals surface area contributed by atoms with Crippen LogP contribution in [-0.2, 0) is 32.8 Å². The monoisotopic (exact) mass is 236 g/mol. The average molecular weight is 236 g/mol. The average Bonchev–Trinajstić information content (AvgIpc) is 1.85. The van der Waals surface area contributed by atoms with Crippen molar-refractivity contribution in [2.45, 2.75) is 12.6 Å². The van der Waals surface area contributed by atoms with Gasteiger partial charge in [-0.15, -0.1) is 3.63 Å². The van der Waals surface area contributed by atoms with E-state index in [1.54, 1.807) is 0 Å². The number of aliphatic hydroxyl groups excluding tert-OH is 2. The van der Waals surface area contributed by atoms with Gasteiger partial charge >= 0.3 is 20.8 Å². The molecule has 0 amide bonds. The van der Waals surface area contributed by atoms with Gasteiger partial charge in [0.2, 0.25) is 12.6 Å². The molecule has 1 heterocycles. The summed E-state index contributed by atoms with van der Waals surface area (Å²) < 4.78 is 52.4. The summed E-state index contributed by atoms with van der Waals surface area (Å²) in [6.07, 6.45) is -4.72. The lowest BCUT2D eigenvalue weighted by Gasteiger charge is -2.08. The molecule has 2 unspecified atom stereocenters. The van der Waals surface area contributed by atoms with Gasteiger partial charge in [0.05, 0.1) is 0 Å². The Morgan fingerprint density at radius 3 is 1.46 bits per heavy atom. The zero-order chi connectivity index (χ0) is 10.3. The van der Waals surface area contributed by atoms with E-state index in [4.69, 9.17) is 10.2 Å². The molecule has 11 heteroatoms. The first-order valence-electron chi connectivity index (χ1n) is 2.65. The molecule has 0 saturated carbocycles. The van der Waals surface area contributed by atoms with Crippen molar-refractivity contribution in [2.75, 3.05) is 0 Å². The van der Waals surface area contributed by atoms with Crippen LogP contribution in [0, 0.1) is 0 Å². The molecule has 1 fully saturated rings. The van der Waals surface area contributed by atoms with Gasteiger partial charge in [-0.3, -0.25) is 0 Å². The van der Waals surface area contributed by atoms with E-state index in [9.17, 15) is 16.8 Å². The van der Waals surface area contributed by atoms with Gasteiger partial charge in [0.1, 0.15) is 0 Å². The Labute approximate surface area is 73.1 Å². The van der Waals surface area contributed by atoms with E-state index in [0.29, 0.717) is 0 Å². The summed E-state index contributed by atoms with van der Waals surface area (Å²) in [4.78, 5) is 0. The van der Waals surface area contributed by atoms with Gasteiger partial charge in [-0.1, -0.05) is 0 Å². The van der Waals surface area contributed by atoms with E-state index in [1.165, 1.54) is 0 Å². The van der Waals surface area contributed by atoms with Crippen LogP contribution in [0.1, 0.15) is 0 Å². The Balaban J connectivity index is 3.08. The van der Waals surface area contributed by atoms with Crippen LogP contribution in [0.25, 0.3) is 0 Å². The van der Waals surface area contributed by atoms with Crippen molar-refractivity contribution in [3.05, 3.63) is 0 Å². The van der Waals surface area contributed by atoms with Crippen molar-refractivity contribution in [2.24, 2.45) is 0 Å². The van der Waals surface area contributed by atoms with Gasteiger partial charge in [0, 0.05) is 0 Å². The van der Waals surface area contributed by atoms with E-state index in [2.05, 4.69) is 12.0 Å². The van der Waals surface area contributed by atoms with Crippen molar-refractivity contribution in [1.82, 2.24) is 0 Å². The lowest BCUT2D eigenvalue weighted by atomic mass is 10.6. The lowest BCUT2D eigenvalue weighted by Crippen LogP contribution is -2.30. The third-order valence-electron chi connectivity index (χ3n) is 0.843. The standard InChI is InChI=1S/C2H4O9S2/c3-1-2(4)10-13(7,8)11-12(5,6)9-1/h1-4H. The highest BCUT2D eigenvalue weighted by Gasteiger charge is 2.39. The molecule has 2 N–H and O–H groups in total. The summed E-state index contributed by atoms with van der Waals surface area (Å²) in [6.45, 7) is 0. The number of hydrogen-bond acceptors (Lipinski definition) is 9. The van der Waals surface area contributed by atoms with Crippen LogP contribution in [0.15, 0.2) is 0 Å². The number of hydrogen-bond donors (Lipinski definition) is 2. The van der Waals surface area contributed by atoms with Crippen LogP contribution >= 0.6 is 0 Å². The molecule has 0 spiro atoms. The fourth-order valence-electron chi connectivity index (χ4n) is 0.471. The maximum atomic E-state index is 10.5. The molecule has 1 rings (SSSR count). The fourth-order valence-corrected chi connectivity index (χ4v) is 2.22. The van der Waals surface area contributed by atoms with Gasteiger partial charge in [-0.25, -0.2) is 8.37 Å². The van der Waals surface area contributed by atoms with Crippen molar-refractivity contribution in [1.29, 1.82) is 0 Å². The summed E-state index contributed by atoms with van der Waals surface area (Å²) in [7, 11) is -9.86. The molecule has 1 saturated heterocycles. The zero-order valence-corrected chi connectivity index (χ0v) is 7.36. The fraction of sp³-hybridized carbons (Fsp3) is 1.00. The zero-order valence-electron chi connectivity index (χ0n) is 5.72. The van der Waals surface area contributed by atoms with Crippen LogP contribution in [0.5, 0.6) is 0 Å². The number of aliphatic hydroxyl groups is 2. The second-order valence-corrected chi connectivity index (χ2v) is 4.42. The molecule has 0 bridgehead atoms. The molecule has 1 aliphatic heterocycles. The maximum Gasteiger partial charge on any atom is 0.419 e. The quantitative estimate of drug-likeness (QED) is 0.456. The van der Waals surface area contributed by atoms with E-state index in [1.807, 2.05) is 0 Å². The lowest BCUT2D eigenvalue weighted by molar-refractivity contribution is -0.174. The highest BCUT2D eigenvalue weighted by atomic mass is 32.3. The molecule has 0 aromatic carbocycles. The predicted octanol–water partition coefficient (Wildman–Crippen LogP) is -2.82. The van der Waals surface area contributed by atoms with Crippen LogP contribution in [0.2, 0.25) is 0 Å². The minimum atomic E-state index is -4.93. The van der Waals surface area contributed by atoms with Gasteiger partial charge in [-0.2, -0.15) is 16.8 Å². The topological polar surface area (TPSA) is 136 Å². The van der Waals surface area contributed by atoms with E-state index in [-0.39, 0.29) is 0 Å². The van der Waals surface area contributed by atoms with Crippen molar-refractivity contribution >= 4 is 20.8 Å². The largest absolute Gasteiger partial charge is 0.419 e. The van der Waals surface area contributed by atoms with Crippen molar-refractivity contribution < 1.29 is 39.0 Å². The van der Waals surface area contributed by atoms with Gasteiger partial charge < -0.3 is 10.2 Å². The summed E-state index contributed by atoms with van der Waals surface area (Å²) >= 11 is 0. The minimum absolute atomic E-state index is 2.36. The van der Waals surface area contributed by atoms with Crippen LogP contribution in [0.4, 0.5) is 0 Å². The minimum Gasteiger partial charge on any atom is -0.363 e. The highest BCUT2D eigenvalue weighted by molar-refractivity contribution is 7.95. The summed E-state index contributed by atoms with van der Waals surface area (Å²) in [5.74, 6) is 0. The normalized spacial score (nSPS) is 38.0. The third kappa shape index (κ3) is 2.84. The Bertz CT molecular complexity index is 338. The molecule has 9 nitrogen and oxygen atoms in total. The van der Waals surface area contributed by atoms with E-state index < -0.39 is 33.4 Å². The summed E-state index contributed by atoms with van der Waals surface area (Å²) in [5, 5.41) is 17.2. The third-order valence-corrected chi connectivity index (χ3v) is 3.04. The predicted molar refractivity (Wildman–Crippen MR) is 33.1 cm³/mol. The number of rotatable bonds is 0. The first kappa shape index (κ1) is 10.8. The molecule has 0 aromatic rings. The van der Waals surface area contributed by atoms with Gasteiger partial charge in [0.25, 0.3) is 0 Å². The SMILES string of the molecule is O=S1(=O)OC(O)C(O)OS(=O)(=O)O1. The Morgan fingerprint density at radius 1 is 0.846 bits per heavy atom. The van der Waals surface area contributed by atoms with Crippen LogP contribution < -0.4 is 0 Å². The Hall–Kier alpha value is -0.300. The van der Waals surface area contributed by atoms with Crippen molar-refractivity contribution in [3.8, 4) is 0 Å². The highest BCUT2D eigenvalue weighted by Crippen LogP contribution is 2.16. The molecule has 0 aliphatic carbocycles. The Kier molecular flexibility index (Phi) is 2.59. The van der Waals surface area contributed by atoms with E-state index >= 15 is 0 Å². The molecule has 2 atom stereocenters. The molecular weight excluding hydrogens is 232 g/mol. The first-order chi connectivity index (χ1) is 5.72. The molecule has 0 aromatic heterocycles. The summed E-state index contributed by atoms with van der Waals surface area (Å²) in [5.41, 5.74) is 0. The first-order valence-corrected chi connectivity index (χ1v) is 5.32. The second-order valence-electron chi connectivity index (χ2n) is 1.86. The van der Waals surface area contributed by atoms with Crippen LogP contribution in [0.3, 0.4) is 0 Å². The smallest absolute Gasteiger partial charge is 0.363 e. The molecule has 78 valence electrons. The molecule has 13 heavy (non-hydrogen) atoms. The molecular formula is C2H4O9S2. The summed E-state index contributed by atoms with van der Waals surface area (Å²) in [6, 6.07) is 0. The van der Waals surface area contributed by atoms with Gasteiger partial charge in [-0.05, 0) is 0 Å². The van der Waals surface area contributed by atoms with Crippen LogP contribution in [-0.4, -0.2) is 39.6 Å². The maximum absolute atomic E-state index is 10.5. The second kappa shape index (κ2) is 3.13. The molecule has 0 radical (unpaired) electrons. The van der Waals surface area contributed by atoms with E-state index in [0.717, 1.165) is 0 Å². The Morgan fingerprint density at radius 2 is 1.15 bits per heavy atom. The van der Waals surface area contributed by atoms with Gasteiger partial charge in [0.15, 0.2) is 0 Å². The molecule has 1 aliphatic rings. The van der Waals surface area contributed by atoms with Crippen molar-refractivity contribution in [3.63, 3.8) is 0 Å².